The van der Waals surface area contributed by atoms with Gasteiger partial charge in [0.05, 0.1) is 24.6 Å². The number of carbonyl (C=O) groups excluding carboxylic acids is 2. The second kappa shape index (κ2) is 8.79. The van der Waals surface area contributed by atoms with E-state index >= 15 is 0 Å². The van der Waals surface area contributed by atoms with Crippen LogP contribution in [0.1, 0.15) is 12.5 Å². The number of ether oxygens (including phenoxy) is 1. The van der Waals surface area contributed by atoms with Crippen LogP contribution >= 0.6 is 0 Å². The molecule has 1 heterocycles. The minimum atomic E-state index is -3.79. The number of hydrogen-bond donors (Lipinski definition) is 2. The van der Waals surface area contributed by atoms with Crippen LogP contribution in [-0.2, 0) is 30.8 Å². The molecule has 150 valence electrons. The number of hydrogen-bond acceptors (Lipinski definition) is 6. The number of nitrogens with one attached hydrogen (secondary N) is 1. The topological polar surface area (TPSA) is 122 Å². The van der Waals surface area contributed by atoms with Gasteiger partial charge in [-0.15, -0.1) is 0 Å². The summed E-state index contributed by atoms with van der Waals surface area (Å²) in [6.45, 7) is 2.90. The van der Waals surface area contributed by atoms with Crippen LogP contribution in [0, 0.1) is 0 Å². The predicted molar refractivity (Wildman–Crippen MR) is 101 cm³/mol. The Morgan fingerprint density at radius 1 is 1.37 bits per heavy atom. The smallest absolute Gasteiger partial charge is 0.241 e. The van der Waals surface area contributed by atoms with Crippen molar-refractivity contribution < 1.29 is 22.7 Å². The Bertz CT molecular complexity index is 812. The van der Waals surface area contributed by atoms with Gasteiger partial charge in [0.25, 0.3) is 0 Å². The summed E-state index contributed by atoms with van der Waals surface area (Å²) in [7, 11) is -0.539. The normalized spacial score (nSPS) is 16.5. The first-order chi connectivity index (χ1) is 12.6. The van der Waals surface area contributed by atoms with Gasteiger partial charge in [0.15, 0.2) is 0 Å². The Balaban J connectivity index is 2.02. The molecule has 0 saturated heterocycles. The lowest BCUT2D eigenvalue weighted by Gasteiger charge is -2.25. The number of likely N-dealkylation sites (N-methyl/N-ethyl adjacent to an activating group) is 1. The van der Waals surface area contributed by atoms with Gasteiger partial charge in [-0.1, -0.05) is 0 Å². The molecule has 3 N–H and O–H groups in total. The molecular formula is C17H26N4O5S. The number of nitrogens with zero attached hydrogens (tertiary/aromatic N) is 2. The van der Waals surface area contributed by atoms with Gasteiger partial charge in [0.1, 0.15) is 0 Å². The molecule has 1 aliphatic heterocycles. The lowest BCUT2D eigenvalue weighted by molar-refractivity contribution is -0.123. The highest BCUT2D eigenvalue weighted by molar-refractivity contribution is 7.89. The van der Waals surface area contributed by atoms with Gasteiger partial charge in [0, 0.05) is 25.4 Å². The SMILES string of the molecule is COCCNC(=O)CN(C)CC(=O)N1c2ccc(S(N)(=O)=O)cc2CC1C. The Hall–Kier alpha value is -2.01. The summed E-state index contributed by atoms with van der Waals surface area (Å²) in [5.41, 5.74) is 1.44. The number of benzene rings is 1. The summed E-state index contributed by atoms with van der Waals surface area (Å²) in [5.74, 6) is -0.341. The minimum absolute atomic E-state index is 0.0348. The third kappa shape index (κ3) is 5.48. The molecule has 2 amide bonds. The number of fused-ring (bicyclic) bond motifs is 1. The third-order valence-corrected chi connectivity index (χ3v) is 5.22. The van der Waals surface area contributed by atoms with Gasteiger partial charge in [-0.25, -0.2) is 13.6 Å². The van der Waals surface area contributed by atoms with E-state index in [2.05, 4.69) is 5.32 Å². The van der Waals surface area contributed by atoms with Gasteiger partial charge in [-0.3, -0.25) is 14.5 Å². The molecule has 0 spiro atoms. The maximum Gasteiger partial charge on any atom is 0.241 e. The van der Waals surface area contributed by atoms with E-state index in [-0.39, 0.29) is 35.8 Å². The number of carbonyl (C=O) groups is 2. The molecule has 0 aromatic heterocycles. The van der Waals surface area contributed by atoms with E-state index in [9.17, 15) is 18.0 Å². The summed E-state index contributed by atoms with van der Waals surface area (Å²) in [5, 5.41) is 7.88. The molecule has 0 aliphatic carbocycles. The van der Waals surface area contributed by atoms with Gasteiger partial charge in [-0.05, 0) is 44.2 Å². The lowest BCUT2D eigenvalue weighted by Crippen LogP contribution is -2.45. The fourth-order valence-corrected chi connectivity index (χ4v) is 3.69. The average Bonchev–Trinajstić information content (AvgIpc) is 2.88. The number of amides is 2. The van der Waals surface area contributed by atoms with Crippen LogP contribution in [0.5, 0.6) is 0 Å². The minimum Gasteiger partial charge on any atom is -0.383 e. The Labute approximate surface area is 159 Å². The fourth-order valence-electron chi connectivity index (χ4n) is 3.12. The number of primary sulfonamides is 1. The molecule has 9 nitrogen and oxygen atoms in total. The lowest BCUT2D eigenvalue weighted by atomic mass is 10.1. The molecule has 1 aromatic carbocycles. The molecule has 0 fully saturated rings. The van der Waals surface area contributed by atoms with Crippen LogP contribution < -0.4 is 15.4 Å². The molecule has 0 saturated carbocycles. The third-order valence-electron chi connectivity index (χ3n) is 4.31. The monoisotopic (exact) mass is 398 g/mol. The van der Waals surface area contributed by atoms with Crippen molar-refractivity contribution in [1.82, 2.24) is 10.2 Å². The van der Waals surface area contributed by atoms with Crippen LogP contribution in [0.15, 0.2) is 23.1 Å². The molecule has 27 heavy (non-hydrogen) atoms. The van der Waals surface area contributed by atoms with Crippen molar-refractivity contribution in [3.63, 3.8) is 0 Å². The van der Waals surface area contributed by atoms with Crippen molar-refractivity contribution in [2.24, 2.45) is 5.14 Å². The number of rotatable bonds is 8. The zero-order chi connectivity index (χ0) is 20.2. The number of nitrogens with two attached hydrogens (primary N) is 1. The largest absolute Gasteiger partial charge is 0.383 e. The number of anilines is 1. The molecule has 1 aromatic rings. The number of methoxy groups -OCH3 is 1. The van der Waals surface area contributed by atoms with Crippen molar-refractivity contribution in [2.75, 3.05) is 45.3 Å². The Kier molecular flexibility index (Phi) is 6.93. The highest BCUT2D eigenvalue weighted by atomic mass is 32.2. The first-order valence-electron chi connectivity index (χ1n) is 8.55. The van der Waals surface area contributed by atoms with Crippen LogP contribution in [0.3, 0.4) is 0 Å². The van der Waals surface area contributed by atoms with Gasteiger partial charge in [0.2, 0.25) is 21.8 Å². The highest BCUT2D eigenvalue weighted by Crippen LogP contribution is 2.33. The van der Waals surface area contributed by atoms with Gasteiger partial charge < -0.3 is 15.0 Å². The van der Waals surface area contributed by atoms with Crippen LogP contribution in [-0.4, -0.2) is 71.6 Å². The van der Waals surface area contributed by atoms with E-state index in [1.165, 1.54) is 12.1 Å². The molecule has 0 bridgehead atoms. The molecule has 2 rings (SSSR count). The van der Waals surface area contributed by atoms with Crippen molar-refractivity contribution in [3.8, 4) is 0 Å². The predicted octanol–water partition coefficient (Wildman–Crippen LogP) is -0.694. The first kappa shape index (κ1) is 21.3. The van der Waals surface area contributed by atoms with E-state index in [4.69, 9.17) is 9.88 Å². The molecule has 0 radical (unpaired) electrons. The average molecular weight is 398 g/mol. The van der Waals surface area contributed by atoms with E-state index in [1.807, 2.05) is 6.92 Å². The second-order valence-corrected chi connectivity index (χ2v) is 8.23. The summed E-state index contributed by atoms with van der Waals surface area (Å²) >= 11 is 0. The van der Waals surface area contributed by atoms with Crippen molar-refractivity contribution in [1.29, 1.82) is 0 Å². The highest BCUT2D eigenvalue weighted by Gasteiger charge is 2.32. The molecular weight excluding hydrogens is 372 g/mol. The van der Waals surface area contributed by atoms with Gasteiger partial charge in [-0.2, -0.15) is 0 Å². The summed E-state index contributed by atoms with van der Waals surface area (Å²) < 4.78 is 27.9. The zero-order valence-corrected chi connectivity index (χ0v) is 16.6. The summed E-state index contributed by atoms with van der Waals surface area (Å²) in [6.07, 6.45) is 0.547. The quantitative estimate of drug-likeness (QED) is 0.559. The Morgan fingerprint density at radius 2 is 2.07 bits per heavy atom. The van der Waals surface area contributed by atoms with E-state index in [0.717, 1.165) is 5.56 Å². The number of sulfonamides is 1. The molecule has 1 aliphatic rings. The van der Waals surface area contributed by atoms with Crippen LogP contribution in [0.25, 0.3) is 0 Å². The van der Waals surface area contributed by atoms with Crippen molar-refractivity contribution in [3.05, 3.63) is 23.8 Å². The fraction of sp³-hybridized carbons (Fsp3) is 0.529. The maximum absolute atomic E-state index is 12.7. The molecule has 1 atom stereocenters. The van der Waals surface area contributed by atoms with Gasteiger partial charge >= 0.3 is 0 Å². The van der Waals surface area contributed by atoms with Crippen molar-refractivity contribution in [2.45, 2.75) is 24.3 Å². The first-order valence-corrected chi connectivity index (χ1v) is 10.1. The van der Waals surface area contributed by atoms with Crippen LogP contribution in [0.4, 0.5) is 5.69 Å². The molecule has 10 heteroatoms. The summed E-state index contributed by atoms with van der Waals surface area (Å²) in [6, 6.07) is 4.42. The van der Waals surface area contributed by atoms with E-state index < -0.39 is 10.0 Å². The Morgan fingerprint density at radius 3 is 2.70 bits per heavy atom. The second-order valence-electron chi connectivity index (χ2n) is 6.67. The van der Waals surface area contributed by atoms with Crippen molar-refractivity contribution >= 4 is 27.5 Å². The standard InChI is InChI=1S/C17H26N4O5S/c1-12-8-13-9-14(27(18,24)25)4-5-15(13)21(12)17(23)11-20(2)10-16(22)19-6-7-26-3/h4-5,9,12H,6-8,10-11H2,1-3H3,(H,19,22)(H2,18,24,25). The van der Waals surface area contributed by atoms with Crippen LogP contribution in [0.2, 0.25) is 0 Å². The maximum atomic E-state index is 12.7. The zero-order valence-electron chi connectivity index (χ0n) is 15.8. The summed E-state index contributed by atoms with van der Waals surface area (Å²) in [4.78, 5) is 27.9. The van der Waals surface area contributed by atoms with E-state index in [0.29, 0.717) is 25.3 Å². The molecule has 1 unspecified atom stereocenters. The van der Waals surface area contributed by atoms with E-state index in [1.54, 1.807) is 30.0 Å².